The molecule has 0 saturated carbocycles. The molecule has 0 spiro atoms. The molecule has 0 aliphatic heterocycles. The van der Waals surface area contributed by atoms with Gasteiger partial charge in [0.1, 0.15) is 0 Å². The number of carbonyl (C=O) groups excluding carboxylic acids is 1. The molecule has 1 unspecified atom stereocenters. The fourth-order valence-electron chi connectivity index (χ4n) is 1.42. The van der Waals surface area contributed by atoms with Crippen molar-refractivity contribution >= 4 is 5.91 Å². The van der Waals surface area contributed by atoms with Crippen molar-refractivity contribution in [3.05, 3.63) is 0 Å². The molecular weight excluding hydrogens is 192 g/mol. The highest BCUT2D eigenvalue weighted by Gasteiger charge is 2.20. The summed E-state index contributed by atoms with van der Waals surface area (Å²) in [5, 5.41) is 5.91. The molecule has 0 rings (SSSR count). The van der Waals surface area contributed by atoms with Gasteiger partial charge >= 0.3 is 0 Å². The number of methoxy groups -OCH3 is 1. The number of hydrogen-bond donors (Lipinski definition) is 2. The standard InChI is InChI=1S/C11H24N2O2/c1-6-12-10(14)8-13-9(2)7-11(3,4)15-5/h9,13H,6-8H2,1-5H3,(H,12,14). The Kier molecular flexibility index (Phi) is 6.52. The van der Waals surface area contributed by atoms with E-state index in [1.165, 1.54) is 0 Å². The molecule has 0 bridgehead atoms. The predicted molar refractivity (Wildman–Crippen MR) is 61.9 cm³/mol. The van der Waals surface area contributed by atoms with Crippen molar-refractivity contribution in [2.24, 2.45) is 0 Å². The Hall–Kier alpha value is -0.610. The number of hydrogen-bond acceptors (Lipinski definition) is 3. The highest BCUT2D eigenvalue weighted by atomic mass is 16.5. The van der Waals surface area contributed by atoms with Crippen LogP contribution in [0.3, 0.4) is 0 Å². The first kappa shape index (κ1) is 14.4. The van der Waals surface area contributed by atoms with Crippen molar-refractivity contribution in [1.29, 1.82) is 0 Å². The second-order valence-corrected chi connectivity index (χ2v) is 4.40. The van der Waals surface area contributed by atoms with Gasteiger partial charge in [0.05, 0.1) is 12.1 Å². The molecule has 0 aliphatic rings. The van der Waals surface area contributed by atoms with Gasteiger partial charge in [-0.15, -0.1) is 0 Å². The summed E-state index contributed by atoms with van der Waals surface area (Å²) in [5.41, 5.74) is -0.145. The van der Waals surface area contributed by atoms with E-state index < -0.39 is 0 Å². The van der Waals surface area contributed by atoms with Crippen LogP contribution in [0.1, 0.15) is 34.1 Å². The lowest BCUT2D eigenvalue weighted by molar-refractivity contribution is -0.120. The number of rotatable bonds is 7. The average molecular weight is 216 g/mol. The van der Waals surface area contributed by atoms with Crippen LogP contribution in [0, 0.1) is 0 Å². The fourth-order valence-corrected chi connectivity index (χ4v) is 1.42. The minimum absolute atomic E-state index is 0.0413. The summed E-state index contributed by atoms with van der Waals surface area (Å²) in [6, 6.07) is 0.266. The monoisotopic (exact) mass is 216 g/mol. The lowest BCUT2D eigenvalue weighted by Gasteiger charge is -2.27. The molecule has 90 valence electrons. The summed E-state index contributed by atoms with van der Waals surface area (Å²) in [5.74, 6) is 0.0413. The zero-order valence-corrected chi connectivity index (χ0v) is 10.5. The van der Waals surface area contributed by atoms with Gasteiger partial charge in [0.2, 0.25) is 5.91 Å². The van der Waals surface area contributed by atoms with Crippen LogP contribution in [0.25, 0.3) is 0 Å². The summed E-state index contributed by atoms with van der Waals surface area (Å²) in [6.45, 7) is 9.09. The molecule has 0 aromatic rings. The Morgan fingerprint density at radius 3 is 2.53 bits per heavy atom. The van der Waals surface area contributed by atoms with Gasteiger partial charge in [-0.05, 0) is 34.1 Å². The third-order valence-electron chi connectivity index (χ3n) is 2.34. The van der Waals surface area contributed by atoms with Crippen LogP contribution < -0.4 is 10.6 Å². The molecule has 0 aromatic carbocycles. The zero-order valence-electron chi connectivity index (χ0n) is 10.5. The Labute approximate surface area is 92.8 Å². The van der Waals surface area contributed by atoms with Crippen molar-refractivity contribution in [1.82, 2.24) is 10.6 Å². The van der Waals surface area contributed by atoms with Crippen molar-refractivity contribution in [2.75, 3.05) is 20.2 Å². The van der Waals surface area contributed by atoms with Gasteiger partial charge in [0, 0.05) is 19.7 Å². The second-order valence-electron chi connectivity index (χ2n) is 4.40. The van der Waals surface area contributed by atoms with Crippen LogP contribution in [-0.4, -0.2) is 37.7 Å². The third kappa shape index (κ3) is 7.33. The van der Waals surface area contributed by atoms with Gasteiger partial charge in [-0.1, -0.05) is 0 Å². The zero-order chi connectivity index (χ0) is 11.9. The Morgan fingerprint density at radius 1 is 1.47 bits per heavy atom. The molecular formula is C11H24N2O2. The van der Waals surface area contributed by atoms with E-state index in [0.717, 1.165) is 6.42 Å². The lowest BCUT2D eigenvalue weighted by Crippen LogP contribution is -2.41. The number of nitrogens with one attached hydrogen (secondary N) is 2. The van der Waals surface area contributed by atoms with Gasteiger partial charge < -0.3 is 15.4 Å². The van der Waals surface area contributed by atoms with E-state index in [4.69, 9.17) is 4.74 Å². The van der Waals surface area contributed by atoms with Crippen molar-refractivity contribution < 1.29 is 9.53 Å². The SMILES string of the molecule is CCNC(=O)CNC(C)CC(C)(C)OC. The Bertz CT molecular complexity index is 193. The van der Waals surface area contributed by atoms with E-state index in [0.29, 0.717) is 13.1 Å². The maximum Gasteiger partial charge on any atom is 0.233 e. The normalized spacial score (nSPS) is 13.7. The summed E-state index contributed by atoms with van der Waals surface area (Å²) in [7, 11) is 1.70. The Balaban J connectivity index is 3.75. The maximum absolute atomic E-state index is 11.2. The first-order valence-corrected chi connectivity index (χ1v) is 5.46. The van der Waals surface area contributed by atoms with Crippen molar-refractivity contribution in [3.8, 4) is 0 Å². The van der Waals surface area contributed by atoms with Crippen LogP contribution >= 0.6 is 0 Å². The highest BCUT2D eigenvalue weighted by molar-refractivity contribution is 5.77. The average Bonchev–Trinajstić information content (AvgIpc) is 2.15. The molecule has 1 atom stereocenters. The van der Waals surface area contributed by atoms with E-state index >= 15 is 0 Å². The van der Waals surface area contributed by atoms with Crippen LogP contribution in [0.5, 0.6) is 0 Å². The van der Waals surface area contributed by atoms with Gasteiger partial charge in [0.25, 0.3) is 0 Å². The number of carbonyl (C=O) groups is 1. The topological polar surface area (TPSA) is 50.4 Å². The van der Waals surface area contributed by atoms with Gasteiger partial charge in [0.15, 0.2) is 0 Å². The number of amides is 1. The summed E-state index contributed by atoms with van der Waals surface area (Å²) >= 11 is 0. The molecule has 0 saturated heterocycles. The molecule has 0 aromatic heterocycles. The molecule has 0 heterocycles. The van der Waals surface area contributed by atoms with Crippen LogP contribution in [0.15, 0.2) is 0 Å². The second kappa shape index (κ2) is 6.80. The Morgan fingerprint density at radius 2 is 2.07 bits per heavy atom. The van der Waals surface area contributed by atoms with E-state index in [9.17, 15) is 4.79 Å². The van der Waals surface area contributed by atoms with Gasteiger partial charge in [-0.2, -0.15) is 0 Å². The summed E-state index contributed by atoms with van der Waals surface area (Å²) in [4.78, 5) is 11.2. The molecule has 1 amide bonds. The van der Waals surface area contributed by atoms with E-state index in [1.807, 2.05) is 20.8 Å². The van der Waals surface area contributed by atoms with Crippen molar-refractivity contribution in [2.45, 2.75) is 45.8 Å². The maximum atomic E-state index is 11.2. The van der Waals surface area contributed by atoms with Gasteiger partial charge in [-0.25, -0.2) is 0 Å². The number of ether oxygens (including phenoxy) is 1. The lowest BCUT2D eigenvalue weighted by atomic mass is 10.00. The predicted octanol–water partition coefficient (Wildman–Crippen LogP) is 0.916. The smallest absolute Gasteiger partial charge is 0.233 e. The minimum Gasteiger partial charge on any atom is -0.379 e. The van der Waals surface area contributed by atoms with Crippen LogP contribution in [0.2, 0.25) is 0 Å². The molecule has 4 heteroatoms. The van der Waals surface area contributed by atoms with Crippen LogP contribution in [-0.2, 0) is 9.53 Å². The van der Waals surface area contributed by atoms with Gasteiger partial charge in [-0.3, -0.25) is 4.79 Å². The summed E-state index contributed by atoms with van der Waals surface area (Å²) in [6.07, 6.45) is 0.878. The highest BCUT2D eigenvalue weighted by Crippen LogP contribution is 2.14. The largest absolute Gasteiger partial charge is 0.379 e. The molecule has 0 radical (unpaired) electrons. The quantitative estimate of drug-likeness (QED) is 0.665. The minimum atomic E-state index is -0.145. The number of likely N-dealkylation sites (N-methyl/N-ethyl adjacent to an activating group) is 1. The molecule has 0 fully saturated rings. The first-order chi connectivity index (χ1) is 6.91. The molecule has 0 aliphatic carbocycles. The molecule has 2 N–H and O–H groups in total. The molecule has 4 nitrogen and oxygen atoms in total. The van der Waals surface area contributed by atoms with E-state index in [1.54, 1.807) is 7.11 Å². The van der Waals surface area contributed by atoms with E-state index in [2.05, 4.69) is 17.6 Å². The molecule has 15 heavy (non-hydrogen) atoms. The first-order valence-electron chi connectivity index (χ1n) is 5.46. The van der Waals surface area contributed by atoms with Crippen LogP contribution in [0.4, 0.5) is 0 Å². The van der Waals surface area contributed by atoms with Crippen molar-refractivity contribution in [3.63, 3.8) is 0 Å². The fraction of sp³-hybridized carbons (Fsp3) is 0.909. The van der Waals surface area contributed by atoms with E-state index in [-0.39, 0.29) is 17.6 Å². The third-order valence-corrected chi connectivity index (χ3v) is 2.34. The summed E-state index contributed by atoms with van der Waals surface area (Å²) < 4.78 is 5.32.